The van der Waals surface area contributed by atoms with Gasteiger partial charge in [-0.05, 0) is 12.1 Å². The van der Waals surface area contributed by atoms with Crippen LogP contribution in [-0.4, -0.2) is 21.3 Å². The van der Waals surface area contributed by atoms with Gasteiger partial charge in [-0.15, -0.1) is 0 Å². The van der Waals surface area contributed by atoms with Gasteiger partial charge in [0.2, 0.25) is 0 Å². The van der Waals surface area contributed by atoms with Gasteiger partial charge in [-0.2, -0.15) is 0 Å². The van der Waals surface area contributed by atoms with Crippen molar-refractivity contribution in [3.05, 3.63) is 40.9 Å². The molecule has 0 saturated carbocycles. The Morgan fingerprint density at radius 2 is 2.12 bits per heavy atom. The fourth-order valence-corrected chi connectivity index (χ4v) is 2.06. The quantitative estimate of drug-likeness (QED) is 0.914. The van der Waals surface area contributed by atoms with Crippen molar-refractivity contribution in [2.24, 2.45) is 7.05 Å². The lowest BCUT2D eigenvalue weighted by Crippen LogP contribution is -2.02. The lowest BCUT2D eigenvalue weighted by atomic mass is 10.2. The largest absolute Gasteiger partial charge is 0.396 e. The van der Waals surface area contributed by atoms with E-state index in [1.54, 1.807) is 29.8 Å². The van der Waals surface area contributed by atoms with Crippen LogP contribution in [0.1, 0.15) is 5.69 Å². The highest BCUT2D eigenvalue weighted by molar-refractivity contribution is 6.30. The van der Waals surface area contributed by atoms with Crippen molar-refractivity contribution in [2.75, 3.05) is 6.61 Å². The van der Waals surface area contributed by atoms with Gasteiger partial charge in [0.05, 0.1) is 11.3 Å². The maximum absolute atomic E-state index is 13.6. The Bertz CT molecular complexity index is 539. The first-order valence-corrected chi connectivity index (χ1v) is 5.59. The van der Waals surface area contributed by atoms with E-state index in [4.69, 9.17) is 16.7 Å². The zero-order chi connectivity index (χ0) is 12.4. The number of hydrogen-bond acceptors (Lipinski definition) is 2. The average Bonchev–Trinajstić information content (AvgIpc) is 2.58. The Morgan fingerprint density at radius 1 is 1.41 bits per heavy atom. The number of aliphatic hydroxyl groups is 1. The number of hydrogen-bond donors (Lipinski definition) is 1. The van der Waals surface area contributed by atoms with Crippen LogP contribution < -0.4 is 0 Å². The van der Waals surface area contributed by atoms with Gasteiger partial charge in [0.1, 0.15) is 11.6 Å². The molecule has 3 nitrogen and oxygen atoms in total. The maximum atomic E-state index is 13.6. The minimum absolute atomic E-state index is 0.0179. The van der Waals surface area contributed by atoms with E-state index in [9.17, 15) is 4.39 Å². The predicted octanol–water partition coefficient (Wildman–Crippen LogP) is 2.41. The van der Waals surface area contributed by atoms with Crippen LogP contribution in [0.2, 0.25) is 5.15 Å². The number of imidazole rings is 1. The minimum Gasteiger partial charge on any atom is -0.396 e. The van der Waals surface area contributed by atoms with E-state index in [0.29, 0.717) is 28.7 Å². The van der Waals surface area contributed by atoms with E-state index in [-0.39, 0.29) is 12.4 Å². The molecule has 17 heavy (non-hydrogen) atoms. The predicted molar refractivity (Wildman–Crippen MR) is 64.4 cm³/mol. The monoisotopic (exact) mass is 254 g/mol. The van der Waals surface area contributed by atoms with Crippen LogP contribution in [0.5, 0.6) is 0 Å². The first-order valence-electron chi connectivity index (χ1n) is 5.22. The maximum Gasteiger partial charge on any atom is 0.151 e. The number of nitrogens with zero attached hydrogens (tertiary/aromatic N) is 2. The molecule has 0 aliphatic rings. The lowest BCUT2D eigenvalue weighted by molar-refractivity contribution is 0.297. The van der Waals surface area contributed by atoms with E-state index in [1.807, 2.05) is 0 Å². The van der Waals surface area contributed by atoms with E-state index >= 15 is 0 Å². The number of benzene rings is 1. The molecule has 0 aliphatic carbocycles. The second kappa shape index (κ2) is 4.85. The van der Waals surface area contributed by atoms with E-state index in [2.05, 4.69) is 4.98 Å². The molecule has 0 radical (unpaired) electrons. The lowest BCUT2D eigenvalue weighted by Gasteiger charge is -2.05. The molecule has 1 heterocycles. The van der Waals surface area contributed by atoms with E-state index in [0.717, 1.165) is 0 Å². The van der Waals surface area contributed by atoms with Crippen LogP contribution in [0.3, 0.4) is 0 Å². The van der Waals surface area contributed by atoms with Crippen LogP contribution in [0.15, 0.2) is 24.3 Å². The first kappa shape index (κ1) is 12.1. The third kappa shape index (κ3) is 2.18. The summed E-state index contributed by atoms with van der Waals surface area (Å²) < 4.78 is 15.3. The second-order valence-corrected chi connectivity index (χ2v) is 4.04. The molecule has 0 atom stereocenters. The molecule has 0 fully saturated rings. The van der Waals surface area contributed by atoms with E-state index < -0.39 is 0 Å². The van der Waals surface area contributed by atoms with Gasteiger partial charge >= 0.3 is 0 Å². The van der Waals surface area contributed by atoms with Crippen LogP contribution in [0.25, 0.3) is 11.4 Å². The summed E-state index contributed by atoms with van der Waals surface area (Å²) in [4.78, 5) is 4.14. The van der Waals surface area contributed by atoms with Crippen LogP contribution >= 0.6 is 11.6 Å². The molecule has 90 valence electrons. The molecule has 0 saturated heterocycles. The van der Waals surface area contributed by atoms with Gasteiger partial charge in [-0.1, -0.05) is 23.7 Å². The van der Waals surface area contributed by atoms with Crippen molar-refractivity contribution in [2.45, 2.75) is 6.42 Å². The summed E-state index contributed by atoms with van der Waals surface area (Å²) in [5, 5.41) is 9.23. The average molecular weight is 255 g/mol. The molecule has 0 spiro atoms. The van der Waals surface area contributed by atoms with Crippen molar-refractivity contribution in [1.29, 1.82) is 0 Å². The summed E-state index contributed by atoms with van der Waals surface area (Å²) in [5.41, 5.74) is 1.11. The Labute approximate surface area is 103 Å². The summed E-state index contributed by atoms with van der Waals surface area (Å²) in [6, 6.07) is 6.39. The third-order valence-electron chi connectivity index (χ3n) is 2.63. The SMILES string of the molecule is Cn1c(-c2ccccc2F)nc(Cl)c1CCO. The molecule has 1 aromatic carbocycles. The number of aromatic nitrogens is 2. The van der Waals surface area contributed by atoms with Crippen molar-refractivity contribution in [1.82, 2.24) is 9.55 Å². The molecule has 1 aromatic heterocycles. The Balaban J connectivity index is 2.54. The highest BCUT2D eigenvalue weighted by Crippen LogP contribution is 2.26. The number of rotatable bonds is 3. The summed E-state index contributed by atoms with van der Waals surface area (Å²) in [5.74, 6) is 0.129. The fraction of sp³-hybridized carbons (Fsp3) is 0.250. The summed E-state index contributed by atoms with van der Waals surface area (Å²) in [6.45, 7) is -0.0179. The zero-order valence-corrected chi connectivity index (χ0v) is 10.1. The van der Waals surface area contributed by atoms with Gasteiger partial charge in [-0.25, -0.2) is 9.37 Å². The van der Waals surface area contributed by atoms with Gasteiger partial charge in [0, 0.05) is 20.1 Å². The third-order valence-corrected chi connectivity index (χ3v) is 2.93. The molecule has 5 heteroatoms. The van der Waals surface area contributed by atoms with Crippen LogP contribution in [-0.2, 0) is 13.5 Å². The molecule has 0 amide bonds. The fourth-order valence-electron chi connectivity index (χ4n) is 1.76. The van der Waals surface area contributed by atoms with Gasteiger partial charge < -0.3 is 9.67 Å². The number of aliphatic hydroxyl groups excluding tert-OH is 1. The standard InChI is InChI=1S/C12H12ClFN2O/c1-16-10(6-7-17)11(13)15-12(16)8-4-2-3-5-9(8)14/h2-5,17H,6-7H2,1H3. The van der Waals surface area contributed by atoms with Crippen LogP contribution in [0.4, 0.5) is 4.39 Å². The molecule has 1 N–H and O–H groups in total. The molecule has 2 rings (SSSR count). The summed E-state index contributed by atoms with van der Waals surface area (Å²) in [7, 11) is 1.76. The summed E-state index contributed by atoms with van der Waals surface area (Å²) >= 11 is 5.97. The molecule has 0 aliphatic heterocycles. The normalized spacial score (nSPS) is 10.8. The smallest absolute Gasteiger partial charge is 0.151 e. The second-order valence-electron chi connectivity index (χ2n) is 3.69. The van der Waals surface area contributed by atoms with Crippen molar-refractivity contribution < 1.29 is 9.50 Å². The van der Waals surface area contributed by atoms with Crippen LogP contribution in [0, 0.1) is 5.82 Å². The molecule has 0 bridgehead atoms. The Hall–Kier alpha value is -1.39. The number of halogens is 2. The zero-order valence-electron chi connectivity index (χ0n) is 9.32. The molecular weight excluding hydrogens is 243 g/mol. The summed E-state index contributed by atoms with van der Waals surface area (Å²) in [6.07, 6.45) is 0.400. The van der Waals surface area contributed by atoms with Crippen molar-refractivity contribution in [3.8, 4) is 11.4 Å². The van der Waals surface area contributed by atoms with Gasteiger partial charge in [0.15, 0.2) is 5.15 Å². The highest BCUT2D eigenvalue weighted by Gasteiger charge is 2.16. The molecular formula is C12H12ClFN2O. The Morgan fingerprint density at radius 3 is 2.76 bits per heavy atom. The molecule has 0 unspecified atom stereocenters. The molecule has 2 aromatic rings. The van der Waals surface area contributed by atoms with Crippen molar-refractivity contribution >= 4 is 11.6 Å². The first-order chi connectivity index (χ1) is 8.15. The highest BCUT2D eigenvalue weighted by atomic mass is 35.5. The minimum atomic E-state index is -0.340. The van der Waals surface area contributed by atoms with E-state index in [1.165, 1.54) is 6.07 Å². The Kier molecular flexibility index (Phi) is 3.45. The van der Waals surface area contributed by atoms with Gasteiger partial charge in [0.25, 0.3) is 0 Å². The van der Waals surface area contributed by atoms with Crippen molar-refractivity contribution in [3.63, 3.8) is 0 Å². The topological polar surface area (TPSA) is 38.0 Å². The van der Waals surface area contributed by atoms with Gasteiger partial charge in [-0.3, -0.25) is 0 Å².